The molecule has 2 bridgehead atoms. The topological polar surface area (TPSA) is 130 Å². The molecule has 0 atom stereocenters. The number of hydrogen-bond acceptors (Lipinski definition) is 8. The van der Waals surface area contributed by atoms with Gasteiger partial charge in [0, 0.05) is 50.6 Å². The first-order valence-electron chi connectivity index (χ1n) is 15.1. The van der Waals surface area contributed by atoms with Crippen LogP contribution in [0.3, 0.4) is 0 Å². The average Bonchev–Trinajstić information content (AvgIpc) is 3.08. The Labute approximate surface area is 262 Å². The van der Waals surface area contributed by atoms with Crippen molar-refractivity contribution in [2.75, 3.05) is 31.1 Å². The third-order valence-corrected chi connectivity index (χ3v) is 7.42. The van der Waals surface area contributed by atoms with E-state index < -0.39 is 0 Å². The molecule has 5 rings (SSSR count). The summed E-state index contributed by atoms with van der Waals surface area (Å²) in [6.45, 7) is 1.51. The van der Waals surface area contributed by atoms with Gasteiger partial charge in [-0.05, 0) is 66.4 Å². The second kappa shape index (κ2) is 15.9. The highest BCUT2D eigenvalue weighted by atomic mass is 16.5. The number of rotatable bonds is 8. The maximum atomic E-state index is 13.9. The fourth-order valence-electron chi connectivity index (χ4n) is 5.02. The lowest BCUT2D eigenvalue weighted by Gasteiger charge is -2.27. The van der Waals surface area contributed by atoms with Gasteiger partial charge in [0.25, 0.3) is 5.91 Å². The maximum Gasteiger partial charge on any atom is 0.255 e. The highest BCUT2D eigenvalue weighted by molar-refractivity contribution is 5.97. The fourth-order valence-corrected chi connectivity index (χ4v) is 5.02. The molecule has 3 amide bonds. The summed E-state index contributed by atoms with van der Waals surface area (Å²) in [5.74, 6) is -0.135. The van der Waals surface area contributed by atoms with E-state index in [0.29, 0.717) is 48.9 Å². The number of nitrogens with one attached hydrogen (secondary N) is 2. The first kappa shape index (κ1) is 31.1. The maximum absolute atomic E-state index is 13.9. The summed E-state index contributed by atoms with van der Waals surface area (Å²) in [5.41, 5.74) is 3.41. The lowest BCUT2D eigenvalue weighted by Crippen LogP contribution is -2.41. The van der Waals surface area contributed by atoms with E-state index in [9.17, 15) is 14.4 Å². The standard InChI is InChI=1S/C34H37N7O4/c42-32(38-20-26-9-13-35-14-10-26)24-40-17-5-1-2-6-18-45-31-8-4-3-7-30(31)41(29-19-28(34(40)44)22-37-23-29)25-33(43)39-21-27-11-15-36-16-12-27/h3-4,7-16,19,22-23H,1-2,5-6,17-18,20-21,24-25H2,(H,38,42)(H,39,43). The Hall–Kier alpha value is -5.32. The first-order chi connectivity index (χ1) is 22.1. The third-order valence-electron chi connectivity index (χ3n) is 7.42. The van der Waals surface area contributed by atoms with E-state index in [0.717, 1.165) is 36.8 Å². The molecule has 45 heavy (non-hydrogen) atoms. The molecule has 2 N–H and O–H groups in total. The van der Waals surface area contributed by atoms with Crippen LogP contribution in [-0.4, -0.2) is 63.8 Å². The monoisotopic (exact) mass is 607 g/mol. The molecule has 0 unspecified atom stereocenters. The van der Waals surface area contributed by atoms with E-state index in [1.165, 1.54) is 6.20 Å². The summed E-state index contributed by atoms with van der Waals surface area (Å²) < 4.78 is 6.20. The van der Waals surface area contributed by atoms with Gasteiger partial charge in [-0.15, -0.1) is 0 Å². The smallest absolute Gasteiger partial charge is 0.255 e. The second-order valence-corrected chi connectivity index (χ2v) is 10.7. The Morgan fingerprint density at radius 1 is 0.756 bits per heavy atom. The Balaban J connectivity index is 1.39. The van der Waals surface area contributed by atoms with E-state index in [-0.39, 0.29) is 30.8 Å². The molecule has 1 aromatic carbocycles. The Bertz CT molecular complexity index is 1570. The highest BCUT2D eigenvalue weighted by Gasteiger charge is 2.23. The van der Waals surface area contributed by atoms with Crippen LogP contribution in [-0.2, 0) is 22.7 Å². The molecule has 232 valence electrons. The van der Waals surface area contributed by atoms with Gasteiger partial charge in [-0.25, -0.2) is 0 Å². The number of ether oxygens (including phenoxy) is 1. The highest BCUT2D eigenvalue weighted by Crippen LogP contribution is 2.34. The number of benzene rings is 1. The number of nitrogens with zero attached hydrogens (tertiary/aromatic N) is 5. The quantitative estimate of drug-likeness (QED) is 0.307. The number of aromatic nitrogens is 3. The van der Waals surface area contributed by atoms with Crippen LogP contribution in [0.5, 0.6) is 5.75 Å². The molecule has 0 aliphatic carbocycles. The van der Waals surface area contributed by atoms with Gasteiger partial charge in [0.05, 0.1) is 36.3 Å². The van der Waals surface area contributed by atoms with Crippen LogP contribution >= 0.6 is 0 Å². The van der Waals surface area contributed by atoms with E-state index in [2.05, 4.69) is 25.6 Å². The number of fused-ring (bicyclic) bond motifs is 3. The largest absolute Gasteiger partial charge is 0.491 e. The minimum absolute atomic E-state index is 0.0358. The van der Waals surface area contributed by atoms with Gasteiger partial charge < -0.3 is 25.2 Å². The van der Waals surface area contributed by atoms with Crippen molar-refractivity contribution in [3.63, 3.8) is 0 Å². The molecule has 0 fully saturated rings. The van der Waals surface area contributed by atoms with Crippen molar-refractivity contribution in [1.82, 2.24) is 30.5 Å². The summed E-state index contributed by atoms with van der Waals surface area (Å²) in [4.78, 5) is 55.8. The number of amides is 3. The predicted octanol–water partition coefficient (Wildman–Crippen LogP) is 4.04. The third kappa shape index (κ3) is 9.09. The number of carbonyl (C=O) groups excluding carboxylic acids is 3. The number of hydrogen-bond donors (Lipinski definition) is 2. The van der Waals surface area contributed by atoms with Crippen molar-refractivity contribution in [3.8, 4) is 5.75 Å². The number of para-hydroxylation sites is 2. The molecule has 3 aromatic heterocycles. The molecule has 0 saturated carbocycles. The van der Waals surface area contributed by atoms with E-state index in [4.69, 9.17) is 4.74 Å². The molecule has 4 aromatic rings. The predicted molar refractivity (Wildman–Crippen MR) is 170 cm³/mol. The molecule has 4 heterocycles. The van der Waals surface area contributed by atoms with Gasteiger partial charge in [-0.2, -0.15) is 0 Å². The lowest BCUT2D eigenvalue weighted by molar-refractivity contribution is -0.122. The fraction of sp³-hybridized carbons (Fsp3) is 0.294. The van der Waals surface area contributed by atoms with Crippen LogP contribution in [0.4, 0.5) is 11.4 Å². The summed E-state index contributed by atoms with van der Waals surface area (Å²) in [6.07, 6.45) is 13.2. The van der Waals surface area contributed by atoms with Gasteiger partial charge >= 0.3 is 0 Å². The molecule has 0 spiro atoms. The van der Waals surface area contributed by atoms with Crippen LogP contribution < -0.4 is 20.3 Å². The van der Waals surface area contributed by atoms with Crippen molar-refractivity contribution in [2.24, 2.45) is 0 Å². The molecular formula is C34H37N7O4. The number of pyridine rings is 3. The zero-order valence-electron chi connectivity index (χ0n) is 25.1. The molecule has 0 radical (unpaired) electrons. The second-order valence-electron chi connectivity index (χ2n) is 10.7. The van der Waals surface area contributed by atoms with Crippen LogP contribution in [0.25, 0.3) is 0 Å². The zero-order valence-corrected chi connectivity index (χ0v) is 25.1. The number of carbonyl (C=O) groups is 3. The number of anilines is 2. The SMILES string of the molecule is O=C(CN1CCCCCCOc2ccccc2N(CC(=O)NCc2ccncc2)c2cncc(c2)C1=O)NCc1ccncc1. The molecule has 1 aliphatic heterocycles. The van der Waals surface area contributed by atoms with Crippen LogP contribution in [0.1, 0.15) is 47.2 Å². The van der Waals surface area contributed by atoms with E-state index in [1.807, 2.05) is 48.5 Å². The zero-order chi connectivity index (χ0) is 31.3. The van der Waals surface area contributed by atoms with Gasteiger partial charge in [-0.1, -0.05) is 25.0 Å². The van der Waals surface area contributed by atoms with Gasteiger partial charge in [0.2, 0.25) is 11.8 Å². The minimum Gasteiger partial charge on any atom is -0.491 e. The Morgan fingerprint density at radius 3 is 2.11 bits per heavy atom. The van der Waals surface area contributed by atoms with Crippen molar-refractivity contribution < 1.29 is 19.1 Å². The Kier molecular flexibility index (Phi) is 11.0. The molecular weight excluding hydrogens is 570 g/mol. The van der Waals surface area contributed by atoms with E-state index >= 15 is 0 Å². The van der Waals surface area contributed by atoms with Crippen LogP contribution in [0.15, 0.2) is 91.8 Å². The first-order valence-corrected chi connectivity index (χ1v) is 15.1. The minimum atomic E-state index is -0.301. The summed E-state index contributed by atoms with van der Waals surface area (Å²) >= 11 is 0. The molecule has 11 heteroatoms. The van der Waals surface area contributed by atoms with E-state index in [1.54, 1.807) is 46.9 Å². The average molecular weight is 608 g/mol. The van der Waals surface area contributed by atoms with Crippen LogP contribution in [0, 0.1) is 0 Å². The van der Waals surface area contributed by atoms with Crippen molar-refractivity contribution in [1.29, 1.82) is 0 Å². The van der Waals surface area contributed by atoms with Gasteiger partial charge in [0.15, 0.2) is 0 Å². The summed E-state index contributed by atoms with van der Waals surface area (Å²) in [6, 6.07) is 16.6. The van der Waals surface area contributed by atoms with Gasteiger partial charge in [0.1, 0.15) is 12.3 Å². The van der Waals surface area contributed by atoms with Crippen molar-refractivity contribution >= 4 is 29.1 Å². The Morgan fingerprint density at radius 2 is 1.40 bits per heavy atom. The summed E-state index contributed by atoms with van der Waals surface area (Å²) in [7, 11) is 0. The molecule has 11 nitrogen and oxygen atoms in total. The van der Waals surface area contributed by atoms with Crippen molar-refractivity contribution in [3.05, 3.63) is 108 Å². The normalized spacial score (nSPS) is 13.9. The van der Waals surface area contributed by atoms with Gasteiger partial charge in [-0.3, -0.25) is 29.3 Å². The molecule has 0 saturated heterocycles. The van der Waals surface area contributed by atoms with Crippen molar-refractivity contribution in [2.45, 2.75) is 38.8 Å². The summed E-state index contributed by atoms with van der Waals surface area (Å²) in [5, 5.41) is 5.87. The lowest BCUT2D eigenvalue weighted by atomic mass is 10.1. The van der Waals surface area contributed by atoms with Crippen LogP contribution in [0.2, 0.25) is 0 Å². The molecule has 1 aliphatic rings.